The average molecular weight is 383 g/mol. The van der Waals surface area contributed by atoms with Crippen LogP contribution in [0.15, 0.2) is 36.4 Å². The third-order valence-corrected chi connectivity index (χ3v) is 3.93. The molecule has 2 rings (SSSR count). The number of phenols is 1. The van der Waals surface area contributed by atoms with E-state index in [0.29, 0.717) is 17.9 Å². The number of hydrogen-bond acceptors (Lipinski definition) is 5. The molecule has 0 heterocycles. The topological polar surface area (TPSA) is 72.8 Å². The zero-order valence-corrected chi connectivity index (χ0v) is 15.1. The Bertz CT molecular complexity index is 764. The molecule has 0 aliphatic rings. The summed E-state index contributed by atoms with van der Waals surface area (Å²) in [7, 11) is 0. The van der Waals surface area contributed by atoms with Gasteiger partial charge in [0.25, 0.3) is 0 Å². The molecule has 5 nitrogen and oxygen atoms in total. The zero-order chi connectivity index (χ0) is 18.6. The lowest BCUT2D eigenvalue weighted by molar-refractivity contribution is 0.0319. The Labute approximate surface area is 155 Å². The van der Waals surface area contributed by atoms with Crippen LogP contribution in [0.1, 0.15) is 34.6 Å². The largest absolute Gasteiger partial charge is 0.505 e. The third-order valence-electron chi connectivity index (χ3n) is 3.36. The molecule has 1 unspecified atom stereocenters. The first kappa shape index (κ1) is 19.1. The molecule has 7 heteroatoms. The maximum atomic E-state index is 12.4. The van der Waals surface area contributed by atoms with E-state index in [0.717, 1.165) is 0 Å². The molecule has 0 bridgehead atoms. The number of aromatic hydroxyl groups is 1. The molecule has 132 valence electrons. The van der Waals surface area contributed by atoms with Crippen molar-refractivity contribution >= 4 is 35.0 Å². The SMILES string of the molecule is CCOc1ccc(C(=O)C(C)OC(=O)c2cc(Cl)c(O)c(Cl)c2)cc1. The van der Waals surface area contributed by atoms with Crippen LogP contribution in [0.3, 0.4) is 0 Å². The molecule has 1 atom stereocenters. The second-order valence-electron chi connectivity index (χ2n) is 5.16. The number of ether oxygens (including phenoxy) is 2. The Hall–Kier alpha value is -2.24. The highest BCUT2D eigenvalue weighted by Crippen LogP contribution is 2.33. The van der Waals surface area contributed by atoms with Gasteiger partial charge in [-0.3, -0.25) is 4.79 Å². The summed E-state index contributed by atoms with van der Waals surface area (Å²) in [6, 6.07) is 8.99. The molecule has 25 heavy (non-hydrogen) atoms. The standard InChI is InChI=1S/C18H16Cl2O5/c1-3-24-13-6-4-11(5-7-13)16(21)10(2)25-18(23)12-8-14(19)17(22)15(20)9-12/h4-10,22H,3H2,1-2H3. The lowest BCUT2D eigenvalue weighted by atomic mass is 10.1. The predicted octanol–water partition coefficient (Wildman–Crippen LogP) is 4.53. The Morgan fingerprint density at radius 2 is 1.64 bits per heavy atom. The van der Waals surface area contributed by atoms with Crippen LogP contribution >= 0.6 is 23.2 Å². The Morgan fingerprint density at radius 1 is 1.08 bits per heavy atom. The van der Waals surface area contributed by atoms with Crippen LogP contribution in [0.5, 0.6) is 11.5 Å². The van der Waals surface area contributed by atoms with Crippen LogP contribution in [0, 0.1) is 0 Å². The normalized spacial score (nSPS) is 11.7. The van der Waals surface area contributed by atoms with Gasteiger partial charge in [0.05, 0.1) is 22.2 Å². The zero-order valence-electron chi connectivity index (χ0n) is 13.6. The summed E-state index contributed by atoms with van der Waals surface area (Å²) < 4.78 is 10.5. The average Bonchev–Trinajstić information content (AvgIpc) is 2.59. The smallest absolute Gasteiger partial charge is 0.338 e. The maximum Gasteiger partial charge on any atom is 0.338 e. The molecule has 0 amide bonds. The van der Waals surface area contributed by atoms with E-state index in [4.69, 9.17) is 32.7 Å². The molecular weight excluding hydrogens is 367 g/mol. The Kier molecular flexibility index (Phi) is 6.28. The van der Waals surface area contributed by atoms with Gasteiger partial charge in [0, 0.05) is 5.56 Å². The van der Waals surface area contributed by atoms with Crippen LogP contribution in [0.2, 0.25) is 10.0 Å². The molecule has 2 aromatic carbocycles. The molecule has 0 aromatic heterocycles. The van der Waals surface area contributed by atoms with Crippen LogP contribution in [-0.4, -0.2) is 29.6 Å². The van der Waals surface area contributed by atoms with Crippen molar-refractivity contribution in [2.45, 2.75) is 20.0 Å². The fraction of sp³-hybridized carbons (Fsp3) is 0.222. The molecule has 1 N–H and O–H groups in total. The van der Waals surface area contributed by atoms with E-state index < -0.39 is 12.1 Å². The Balaban J connectivity index is 2.09. The second-order valence-corrected chi connectivity index (χ2v) is 5.97. The summed E-state index contributed by atoms with van der Waals surface area (Å²) in [6.07, 6.45) is -1.00. The van der Waals surface area contributed by atoms with Crippen LogP contribution in [0.4, 0.5) is 0 Å². The molecule has 0 aliphatic carbocycles. The summed E-state index contributed by atoms with van der Waals surface area (Å²) in [4.78, 5) is 24.5. The quantitative estimate of drug-likeness (QED) is 0.586. The molecule has 0 radical (unpaired) electrons. The molecule has 2 aromatic rings. The monoisotopic (exact) mass is 382 g/mol. The maximum absolute atomic E-state index is 12.4. The highest BCUT2D eigenvalue weighted by atomic mass is 35.5. The molecule has 0 spiro atoms. The van der Waals surface area contributed by atoms with Gasteiger partial charge in [-0.25, -0.2) is 4.79 Å². The van der Waals surface area contributed by atoms with E-state index in [1.165, 1.54) is 19.1 Å². The number of phenolic OH excluding ortho intramolecular Hbond substituents is 1. The van der Waals surface area contributed by atoms with Gasteiger partial charge in [0.1, 0.15) is 5.75 Å². The van der Waals surface area contributed by atoms with E-state index in [-0.39, 0.29) is 27.1 Å². The van der Waals surface area contributed by atoms with Gasteiger partial charge in [0.2, 0.25) is 5.78 Å². The van der Waals surface area contributed by atoms with Gasteiger partial charge in [-0.05, 0) is 50.2 Å². The van der Waals surface area contributed by atoms with E-state index in [2.05, 4.69) is 0 Å². The fourth-order valence-corrected chi connectivity index (χ4v) is 2.57. The van der Waals surface area contributed by atoms with Crippen LogP contribution < -0.4 is 4.74 Å². The first-order valence-electron chi connectivity index (χ1n) is 7.49. The lowest BCUT2D eigenvalue weighted by Crippen LogP contribution is -2.24. The van der Waals surface area contributed by atoms with Crippen molar-refractivity contribution in [2.75, 3.05) is 6.61 Å². The highest BCUT2D eigenvalue weighted by Gasteiger charge is 2.21. The number of halogens is 2. The van der Waals surface area contributed by atoms with Gasteiger partial charge >= 0.3 is 5.97 Å². The minimum absolute atomic E-state index is 0.0409. The predicted molar refractivity (Wildman–Crippen MR) is 94.9 cm³/mol. The van der Waals surface area contributed by atoms with Crippen molar-refractivity contribution in [3.63, 3.8) is 0 Å². The number of rotatable bonds is 6. The summed E-state index contributed by atoms with van der Waals surface area (Å²) in [5.41, 5.74) is 0.435. The summed E-state index contributed by atoms with van der Waals surface area (Å²) in [5.74, 6) is -0.793. The minimum Gasteiger partial charge on any atom is -0.505 e. The van der Waals surface area contributed by atoms with E-state index >= 15 is 0 Å². The van der Waals surface area contributed by atoms with Gasteiger partial charge < -0.3 is 14.6 Å². The summed E-state index contributed by atoms with van der Waals surface area (Å²) >= 11 is 11.6. The number of Topliss-reactive ketones (excluding diaryl/α,β-unsaturated/α-hetero) is 1. The molecule has 0 saturated heterocycles. The number of esters is 1. The second kappa shape index (κ2) is 8.23. The number of benzene rings is 2. The summed E-state index contributed by atoms with van der Waals surface area (Å²) in [6.45, 7) is 3.86. The van der Waals surface area contributed by atoms with Crippen LogP contribution in [0.25, 0.3) is 0 Å². The fourth-order valence-electron chi connectivity index (χ4n) is 2.08. The van der Waals surface area contributed by atoms with Crippen LogP contribution in [-0.2, 0) is 4.74 Å². The molecular formula is C18H16Cl2O5. The van der Waals surface area contributed by atoms with Crippen molar-refractivity contribution in [1.82, 2.24) is 0 Å². The minimum atomic E-state index is -1.00. The molecule has 0 saturated carbocycles. The number of carbonyl (C=O) groups excluding carboxylic acids is 2. The van der Waals surface area contributed by atoms with Crippen molar-refractivity contribution in [3.05, 3.63) is 57.6 Å². The van der Waals surface area contributed by atoms with Crippen molar-refractivity contribution < 1.29 is 24.2 Å². The van der Waals surface area contributed by atoms with E-state index in [1.54, 1.807) is 24.3 Å². The van der Waals surface area contributed by atoms with Gasteiger partial charge in [-0.1, -0.05) is 23.2 Å². The summed E-state index contributed by atoms with van der Waals surface area (Å²) in [5, 5.41) is 9.35. The number of hydrogen-bond donors (Lipinski definition) is 1. The van der Waals surface area contributed by atoms with Gasteiger partial charge in [0.15, 0.2) is 11.9 Å². The number of carbonyl (C=O) groups is 2. The highest BCUT2D eigenvalue weighted by molar-refractivity contribution is 6.37. The van der Waals surface area contributed by atoms with E-state index in [9.17, 15) is 14.7 Å². The van der Waals surface area contributed by atoms with E-state index in [1.807, 2.05) is 6.92 Å². The van der Waals surface area contributed by atoms with Crippen molar-refractivity contribution in [1.29, 1.82) is 0 Å². The third kappa shape index (κ3) is 4.65. The first-order chi connectivity index (χ1) is 11.8. The number of ketones is 1. The van der Waals surface area contributed by atoms with Gasteiger partial charge in [-0.2, -0.15) is 0 Å². The van der Waals surface area contributed by atoms with Gasteiger partial charge in [-0.15, -0.1) is 0 Å². The molecule has 0 fully saturated rings. The van der Waals surface area contributed by atoms with Crippen molar-refractivity contribution in [2.24, 2.45) is 0 Å². The first-order valence-corrected chi connectivity index (χ1v) is 8.25. The molecule has 0 aliphatic heterocycles. The lowest BCUT2D eigenvalue weighted by Gasteiger charge is -2.13. The van der Waals surface area contributed by atoms with Crippen molar-refractivity contribution in [3.8, 4) is 11.5 Å². The Morgan fingerprint density at radius 3 is 2.16 bits per heavy atom.